The summed E-state index contributed by atoms with van der Waals surface area (Å²) < 4.78 is 45.4. The molecule has 0 radical (unpaired) electrons. The summed E-state index contributed by atoms with van der Waals surface area (Å²) in [7, 11) is 0. The predicted octanol–water partition coefficient (Wildman–Crippen LogP) is 3.66. The number of rotatable bonds is 4. The Morgan fingerprint density at radius 2 is 2.16 bits per heavy atom. The number of halogens is 5. The molecule has 0 aliphatic carbocycles. The van der Waals surface area contributed by atoms with Crippen LogP contribution in [-0.2, 0) is 10.1 Å². The molecule has 1 aromatic heterocycles. The van der Waals surface area contributed by atoms with Crippen molar-refractivity contribution in [2.24, 2.45) is 0 Å². The molecule has 19 heavy (non-hydrogen) atoms. The van der Waals surface area contributed by atoms with Gasteiger partial charge >= 0.3 is 12.3 Å². The van der Waals surface area contributed by atoms with Gasteiger partial charge in [-0.2, -0.15) is 0 Å². The third kappa shape index (κ3) is 4.79. The van der Waals surface area contributed by atoms with Gasteiger partial charge in [-0.15, -0.1) is 13.2 Å². The number of carbonyl (C=O) groups is 1. The van der Waals surface area contributed by atoms with Crippen molar-refractivity contribution in [3.05, 3.63) is 21.0 Å². The second-order valence-corrected chi connectivity index (χ2v) is 4.77. The standard InChI is InChI=1S/C10H8BrF3INO3/c1-2-18-9(17)6-3-5(4-11)16-8(15)7(6)19-10(12,13)14/h3H,2,4H2,1H3. The van der Waals surface area contributed by atoms with Crippen molar-refractivity contribution in [2.75, 3.05) is 6.61 Å². The molecule has 0 aliphatic rings. The quantitative estimate of drug-likeness (QED) is 0.302. The summed E-state index contributed by atoms with van der Waals surface area (Å²) >= 11 is 4.69. The first-order chi connectivity index (χ1) is 8.78. The van der Waals surface area contributed by atoms with E-state index in [1.165, 1.54) is 6.07 Å². The number of hydrogen-bond acceptors (Lipinski definition) is 4. The molecule has 0 amide bonds. The number of esters is 1. The fourth-order valence-corrected chi connectivity index (χ4v) is 2.19. The zero-order valence-electron chi connectivity index (χ0n) is 9.55. The van der Waals surface area contributed by atoms with Crippen molar-refractivity contribution >= 4 is 44.5 Å². The van der Waals surface area contributed by atoms with Crippen LogP contribution < -0.4 is 4.74 Å². The van der Waals surface area contributed by atoms with Gasteiger partial charge in [0, 0.05) is 5.33 Å². The van der Waals surface area contributed by atoms with Gasteiger partial charge in [0.25, 0.3) is 0 Å². The van der Waals surface area contributed by atoms with E-state index in [0.29, 0.717) is 11.0 Å². The number of nitrogens with zero attached hydrogens (tertiary/aromatic N) is 1. The number of ether oxygens (including phenoxy) is 2. The van der Waals surface area contributed by atoms with Crippen LogP contribution in [0.4, 0.5) is 13.2 Å². The van der Waals surface area contributed by atoms with E-state index in [1.807, 2.05) is 0 Å². The Bertz CT molecular complexity index is 482. The van der Waals surface area contributed by atoms with Gasteiger partial charge in [0.05, 0.1) is 12.3 Å². The largest absolute Gasteiger partial charge is 0.573 e. The summed E-state index contributed by atoms with van der Waals surface area (Å²) in [5, 5.41) is 0.293. The van der Waals surface area contributed by atoms with Gasteiger partial charge in [0.15, 0.2) is 5.75 Å². The second kappa shape index (κ2) is 6.73. The van der Waals surface area contributed by atoms with Crippen molar-refractivity contribution in [1.82, 2.24) is 4.98 Å². The van der Waals surface area contributed by atoms with E-state index in [-0.39, 0.29) is 15.9 Å². The van der Waals surface area contributed by atoms with Gasteiger partial charge in [0.1, 0.15) is 9.26 Å². The van der Waals surface area contributed by atoms with Crippen LogP contribution in [0.1, 0.15) is 23.0 Å². The fraction of sp³-hybridized carbons (Fsp3) is 0.400. The third-order valence-electron chi connectivity index (χ3n) is 1.83. The average molecular weight is 454 g/mol. The van der Waals surface area contributed by atoms with Crippen molar-refractivity contribution < 1.29 is 27.4 Å². The molecule has 0 atom stereocenters. The van der Waals surface area contributed by atoms with E-state index in [0.717, 1.165) is 0 Å². The summed E-state index contributed by atoms with van der Waals surface area (Å²) in [5.74, 6) is -1.53. The minimum Gasteiger partial charge on any atom is -0.462 e. The number of carbonyl (C=O) groups excluding carboxylic acids is 1. The van der Waals surface area contributed by atoms with Crippen molar-refractivity contribution in [3.63, 3.8) is 0 Å². The van der Waals surface area contributed by atoms with Crippen LogP contribution in [-0.4, -0.2) is 23.9 Å². The number of alkyl halides is 4. The molecule has 0 saturated heterocycles. The topological polar surface area (TPSA) is 48.4 Å². The van der Waals surface area contributed by atoms with Crippen LogP contribution in [0.25, 0.3) is 0 Å². The highest BCUT2D eigenvalue weighted by Gasteiger charge is 2.35. The molecule has 9 heteroatoms. The lowest BCUT2D eigenvalue weighted by Gasteiger charge is -2.14. The van der Waals surface area contributed by atoms with Crippen LogP contribution in [0.3, 0.4) is 0 Å². The van der Waals surface area contributed by atoms with E-state index in [1.54, 1.807) is 29.5 Å². The van der Waals surface area contributed by atoms with Gasteiger partial charge in [-0.05, 0) is 35.6 Å². The molecule has 0 aromatic carbocycles. The van der Waals surface area contributed by atoms with E-state index in [2.05, 4.69) is 25.7 Å². The van der Waals surface area contributed by atoms with Gasteiger partial charge in [0.2, 0.25) is 0 Å². The Hall–Kier alpha value is -0.580. The zero-order valence-corrected chi connectivity index (χ0v) is 13.3. The van der Waals surface area contributed by atoms with Crippen molar-refractivity contribution in [3.8, 4) is 5.75 Å². The SMILES string of the molecule is CCOC(=O)c1cc(CBr)nc(I)c1OC(F)(F)F. The molecule has 0 spiro atoms. The van der Waals surface area contributed by atoms with Gasteiger partial charge < -0.3 is 9.47 Å². The molecule has 106 valence electrons. The highest BCUT2D eigenvalue weighted by atomic mass is 127. The third-order valence-corrected chi connectivity index (χ3v) is 3.14. The molecule has 0 fully saturated rings. The Balaban J connectivity index is 3.29. The summed E-state index contributed by atoms with van der Waals surface area (Å²) in [5.41, 5.74) is 0.106. The molecular formula is C10H8BrF3INO3. The minimum absolute atomic E-state index is 0.0485. The minimum atomic E-state index is -4.90. The Morgan fingerprint density at radius 3 is 2.63 bits per heavy atom. The molecule has 4 nitrogen and oxygen atoms in total. The average Bonchev–Trinajstić information content (AvgIpc) is 2.30. The van der Waals surface area contributed by atoms with Crippen LogP contribution in [0.15, 0.2) is 6.07 Å². The first kappa shape index (κ1) is 16.5. The number of pyridine rings is 1. The second-order valence-electron chi connectivity index (χ2n) is 3.18. The molecule has 0 unspecified atom stereocenters. The molecule has 0 saturated carbocycles. The zero-order chi connectivity index (χ0) is 14.6. The molecule has 0 aliphatic heterocycles. The van der Waals surface area contributed by atoms with E-state index in [4.69, 9.17) is 4.74 Å². The van der Waals surface area contributed by atoms with E-state index < -0.39 is 18.1 Å². The van der Waals surface area contributed by atoms with Crippen LogP contribution in [0.5, 0.6) is 5.75 Å². The maximum absolute atomic E-state index is 12.3. The number of hydrogen-bond donors (Lipinski definition) is 0. The monoisotopic (exact) mass is 453 g/mol. The Kier molecular flexibility index (Phi) is 5.83. The lowest BCUT2D eigenvalue weighted by atomic mass is 10.2. The van der Waals surface area contributed by atoms with E-state index in [9.17, 15) is 18.0 Å². The predicted molar refractivity (Wildman–Crippen MR) is 72.2 cm³/mol. The van der Waals surface area contributed by atoms with Crippen LogP contribution in [0.2, 0.25) is 0 Å². The first-order valence-corrected chi connectivity index (χ1v) is 7.16. The van der Waals surface area contributed by atoms with Crippen molar-refractivity contribution in [1.29, 1.82) is 0 Å². The number of aromatic nitrogens is 1. The Morgan fingerprint density at radius 1 is 1.53 bits per heavy atom. The van der Waals surface area contributed by atoms with Crippen LogP contribution in [0, 0.1) is 3.70 Å². The van der Waals surface area contributed by atoms with Gasteiger partial charge in [-0.1, -0.05) is 15.9 Å². The fourth-order valence-electron chi connectivity index (χ4n) is 1.19. The Labute approximate surface area is 128 Å². The molecule has 1 rings (SSSR count). The first-order valence-electron chi connectivity index (χ1n) is 4.96. The molecular weight excluding hydrogens is 446 g/mol. The maximum Gasteiger partial charge on any atom is 0.573 e. The van der Waals surface area contributed by atoms with Crippen LogP contribution >= 0.6 is 38.5 Å². The summed E-state index contributed by atoms with van der Waals surface area (Å²) in [6, 6.07) is 1.20. The lowest BCUT2D eigenvalue weighted by Crippen LogP contribution is -2.21. The molecule has 0 bridgehead atoms. The molecule has 1 heterocycles. The highest BCUT2D eigenvalue weighted by Crippen LogP contribution is 2.31. The van der Waals surface area contributed by atoms with Crippen molar-refractivity contribution in [2.45, 2.75) is 18.6 Å². The van der Waals surface area contributed by atoms with Gasteiger partial charge in [-0.25, -0.2) is 9.78 Å². The summed E-state index contributed by atoms with van der Waals surface area (Å²) in [6.45, 7) is 1.60. The highest BCUT2D eigenvalue weighted by molar-refractivity contribution is 14.1. The normalized spacial score (nSPS) is 11.3. The smallest absolute Gasteiger partial charge is 0.462 e. The summed E-state index contributed by atoms with van der Waals surface area (Å²) in [6.07, 6.45) is -4.90. The van der Waals surface area contributed by atoms with E-state index >= 15 is 0 Å². The summed E-state index contributed by atoms with van der Waals surface area (Å²) in [4.78, 5) is 15.5. The molecule has 1 aromatic rings. The lowest BCUT2D eigenvalue weighted by molar-refractivity contribution is -0.275. The maximum atomic E-state index is 12.3. The molecule has 0 N–H and O–H groups in total. The van der Waals surface area contributed by atoms with Gasteiger partial charge in [-0.3, -0.25) is 0 Å².